The Balaban J connectivity index is 1.38. The minimum Gasteiger partial charge on any atom is -0.490 e. The van der Waals surface area contributed by atoms with E-state index in [9.17, 15) is 22.8 Å². The fourth-order valence-corrected chi connectivity index (χ4v) is 6.40. The molecule has 3 fully saturated rings. The van der Waals surface area contributed by atoms with Crippen molar-refractivity contribution in [3.63, 3.8) is 0 Å². The topological polar surface area (TPSA) is 86.3 Å². The Bertz CT molecular complexity index is 1210. The Hall–Kier alpha value is -3.15. The molecule has 2 aromatic rings. The quantitative estimate of drug-likeness (QED) is 0.540. The van der Waals surface area contributed by atoms with Gasteiger partial charge in [0.1, 0.15) is 18.5 Å². The normalized spacial score (nSPS) is 24.4. The molecule has 2 amide bonds. The van der Waals surface area contributed by atoms with Crippen LogP contribution in [0.2, 0.25) is 0 Å². The van der Waals surface area contributed by atoms with Crippen LogP contribution in [0, 0.1) is 5.41 Å². The highest BCUT2D eigenvalue weighted by molar-refractivity contribution is 5.88. The molecule has 222 valence electrons. The molecule has 8 nitrogen and oxygen atoms in total. The van der Waals surface area contributed by atoms with Crippen LogP contribution in [-0.4, -0.2) is 82.2 Å². The van der Waals surface area contributed by atoms with Crippen molar-refractivity contribution in [3.05, 3.63) is 65.7 Å². The van der Waals surface area contributed by atoms with Gasteiger partial charge in [0.05, 0.1) is 19.8 Å². The summed E-state index contributed by atoms with van der Waals surface area (Å²) in [5.41, 5.74) is -3.03. The zero-order chi connectivity index (χ0) is 29.1. The van der Waals surface area contributed by atoms with Gasteiger partial charge in [-0.3, -0.25) is 9.59 Å². The second kappa shape index (κ2) is 12.0. The van der Waals surface area contributed by atoms with E-state index in [0.717, 1.165) is 12.7 Å². The minimum absolute atomic E-state index is 0.0624. The van der Waals surface area contributed by atoms with Gasteiger partial charge in [-0.2, -0.15) is 13.2 Å². The molecule has 3 saturated heterocycles. The molecule has 0 saturated carbocycles. The van der Waals surface area contributed by atoms with Crippen molar-refractivity contribution in [2.75, 3.05) is 53.2 Å². The lowest BCUT2D eigenvalue weighted by Gasteiger charge is -2.50. The van der Waals surface area contributed by atoms with Gasteiger partial charge in [0.2, 0.25) is 5.91 Å². The van der Waals surface area contributed by atoms with Gasteiger partial charge in [-0.05, 0) is 29.9 Å². The number of carbonyl (C=O) groups excluding carboxylic acids is 2. The van der Waals surface area contributed by atoms with Crippen LogP contribution in [-0.2, 0) is 29.4 Å². The smallest absolute Gasteiger partial charge is 0.430 e. The highest BCUT2D eigenvalue weighted by Gasteiger charge is 2.64. The van der Waals surface area contributed by atoms with Crippen molar-refractivity contribution in [2.24, 2.45) is 5.41 Å². The van der Waals surface area contributed by atoms with E-state index >= 15 is 0 Å². The molecule has 3 aliphatic rings. The number of amides is 2. The first-order valence-corrected chi connectivity index (χ1v) is 13.8. The molecule has 1 N–H and O–H groups in total. The maximum Gasteiger partial charge on any atom is 0.430 e. The van der Waals surface area contributed by atoms with Gasteiger partial charge in [-0.15, -0.1) is 0 Å². The van der Waals surface area contributed by atoms with Crippen molar-refractivity contribution >= 4 is 11.8 Å². The third-order valence-corrected chi connectivity index (χ3v) is 8.59. The van der Waals surface area contributed by atoms with Crippen LogP contribution in [0.1, 0.15) is 36.3 Å². The Morgan fingerprint density at radius 2 is 1.78 bits per heavy atom. The molecule has 1 spiro atoms. The number of methoxy groups -OCH3 is 1. The van der Waals surface area contributed by atoms with Crippen molar-refractivity contribution in [2.45, 2.75) is 43.1 Å². The van der Waals surface area contributed by atoms with Crippen LogP contribution >= 0.6 is 0 Å². The summed E-state index contributed by atoms with van der Waals surface area (Å²) in [6.45, 7) is 2.30. The lowest BCUT2D eigenvalue weighted by molar-refractivity contribution is -0.271. The number of likely N-dealkylation sites (tertiary alicyclic amines) is 1. The van der Waals surface area contributed by atoms with Crippen LogP contribution in [0.5, 0.6) is 5.75 Å². The summed E-state index contributed by atoms with van der Waals surface area (Å²) < 4.78 is 66.0. The first-order valence-electron chi connectivity index (χ1n) is 13.8. The molecular formula is C30H35F3N2O6. The number of ether oxygens (including phenoxy) is 4. The number of carbonyl (C=O) groups is 2. The van der Waals surface area contributed by atoms with Gasteiger partial charge in [0.25, 0.3) is 11.5 Å². The zero-order valence-electron chi connectivity index (χ0n) is 23.0. The number of hydrogen-bond donors (Lipinski definition) is 1. The fourth-order valence-electron chi connectivity index (χ4n) is 6.40. The lowest BCUT2D eigenvalue weighted by atomic mass is 9.62. The van der Waals surface area contributed by atoms with E-state index in [0.29, 0.717) is 51.6 Å². The van der Waals surface area contributed by atoms with Gasteiger partial charge >= 0.3 is 6.18 Å². The summed E-state index contributed by atoms with van der Waals surface area (Å²) in [5, 5.41) is 2.96. The SMILES string of the molecule is CO[C@@](C(=O)N1CCC2(CC1)CC(=O)NC[C@H]2c1ccccc1OCC1COCCO1)(c1ccccc1)C(F)(F)F. The summed E-state index contributed by atoms with van der Waals surface area (Å²) >= 11 is 0. The first-order chi connectivity index (χ1) is 19.7. The summed E-state index contributed by atoms with van der Waals surface area (Å²) in [4.78, 5) is 27.5. The Morgan fingerprint density at radius 1 is 1.07 bits per heavy atom. The molecule has 3 atom stereocenters. The van der Waals surface area contributed by atoms with Gasteiger partial charge in [0, 0.05) is 44.6 Å². The van der Waals surface area contributed by atoms with Crippen LogP contribution in [0.3, 0.4) is 0 Å². The average molecular weight is 577 g/mol. The van der Waals surface area contributed by atoms with Gasteiger partial charge in [-0.25, -0.2) is 0 Å². The lowest BCUT2D eigenvalue weighted by Crippen LogP contribution is -2.60. The van der Waals surface area contributed by atoms with Gasteiger partial charge < -0.3 is 29.2 Å². The summed E-state index contributed by atoms with van der Waals surface area (Å²) in [5.74, 6) is -0.747. The molecule has 0 aromatic heterocycles. The molecule has 0 radical (unpaired) electrons. The second-order valence-corrected chi connectivity index (χ2v) is 10.9. The largest absolute Gasteiger partial charge is 0.490 e. The third kappa shape index (κ3) is 5.67. The summed E-state index contributed by atoms with van der Waals surface area (Å²) in [7, 11) is 0.909. The van der Waals surface area contributed by atoms with E-state index in [-0.39, 0.29) is 43.0 Å². The predicted octanol–water partition coefficient (Wildman–Crippen LogP) is 3.80. The number of para-hydroxylation sites is 1. The molecule has 3 aliphatic heterocycles. The monoisotopic (exact) mass is 576 g/mol. The Labute approximate surface area is 237 Å². The number of halogens is 3. The molecular weight excluding hydrogens is 541 g/mol. The second-order valence-electron chi connectivity index (χ2n) is 10.9. The summed E-state index contributed by atoms with van der Waals surface area (Å²) in [6, 6.07) is 14.6. The van der Waals surface area contributed by atoms with E-state index in [1.54, 1.807) is 6.07 Å². The van der Waals surface area contributed by atoms with E-state index < -0.39 is 23.1 Å². The number of benzene rings is 2. The van der Waals surface area contributed by atoms with Gasteiger partial charge in [-0.1, -0.05) is 48.5 Å². The number of piperidine rings is 2. The standard InChI is InChI=1S/C30H35F3N2O6/c1-38-29(30(31,32)33,21-7-3-2-4-8-21)27(37)35-13-11-28(12-14-35)17-26(36)34-18-24(28)23-9-5-6-10-25(23)41-20-22-19-39-15-16-40-22/h2-10,22,24H,11-20H2,1H3,(H,34,36)/t22?,24-,29+/m0/s1. The molecule has 3 heterocycles. The molecule has 1 unspecified atom stereocenters. The fraction of sp³-hybridized carbons (Fsp3) is 0.533. The van der Waals surface area contributed by atoms with Crippen molar-refractivity contribution in [3.8, 4) is 5.75 Å². The number of nitrogens with zero attached hydrogens (tertiary/aromatic N) is 1. The molecule has 41 heavy (non-hydrogen) atoms. The maximum atomic E-state index is 14.5. The Morgan fingerprint density at radius 3 is 2.44 bits per heavy atom. The van der Waals surface area contributed by atoms with Crippen LogP contribution < -0.4 is 10.1 Å². The van der Waals surface area contributed by atoms with E-state index in [4.69, 9.17) is 18.9 Å². The van der Waals surface area contributed by atoms with E-state index in [1.807, 2.05) is 24.3 Å². The molecule has 0 bridgehead atoms. The zero-order valence-corrected chi connectivity index (χ0v) is 23.0. The number of rotatable bonds is 7. The number of alkyl halides is 3. The van der Waals surface area contributed by atoms with E-state index in [2.05, 4.69) is 5.32 Å². The highest BCUT2D eigenvalue weighted by atomic mass is 19.4. The molecule has 11 heteroatoms. The Kier molecular flexibility index (Phi) is 8.58. The maximum absolute atomic E-state index is 14.5. The predicted molar refractivity (Wildman–Crippen MR) is 142 cm³/mol. The van der Waals surface area contributed by atoms with Crippen molar-refractivity contribution in [1.82, 2.24) is 10.2 Å². The summed E-state index contributed by atoms with van der Waals surface area (Å²) in [6.07, 6.45) is -4.24. The third-order valence-electron chi connectivity index (χ3n) is 8.59. The molecule has 2 aromatic carbocycles. The van der Waals surface area contributed by atoms with Crippen LogP contribution in [0.15, 0.2) is 54.6 Å². The molecule has 5 rings (SSSR count). The average Bonchev–Trinajstić information content (AvgIpc) is 2.98. The van der Waals surface area contributed by atoms with Crippen molar-refractivity contribution in [1.29, 1.82) is 0 Å². The molecule has 0 aliphatic carbocycles. The number of hydrogen-bond acceptors (Lipinski definition) is 6. The first kappa shape index (κ1) is 29.3. The highest BCUT2D eigenvalue weighted by Crippen LogP contribution is 2.52. The van der Waals surface area contributed by atoms with Crippen LogP contribution in [0.4, 0.5) is 13.2 Å². The van der Waals surface area contributed by atoms with Crippen molar-refractivity contribution < 1.29 is 41.7 Å². The van der Waals surface area contributed by atoms with Crippen LogP contribution in [0.25, 0.3) is 0 Å². The van der Waals surface area contributed by atoms with E-state index in [1.165, 1.54) is 29.2 Å². The minimum atomic E-state index is -4.98. The number of nitrogens with one attached hydrogen (secondary N) is 1. The van der Waals surface area contributed by atoms with Gasteiger partial charge in [0.15, 0.2) is 0 Å².